The molecule has 2 heterocycles. The lowest BCUT2D eigenvalue weighted by atomic mass is 9.98. The van der Waals surface area contributed by atoms with E-state index in [1.165, 1.54) is 17.5 Å². The molecule has 0 bridgehead atoms. The number of ether oxygens (including phenoxy) is 1. The van der Waals surface area contributed by atoms with Crippen molar-refractivity contribution in [2.24, 2.45) is 5.92 Å². The van der Waals surface area contributed by atoms with E-state index in [2.05, 4.69) is 20.3 Å². The summed E-state index contributed by atoms with van der Waals surface area (Å²) in [6.07, 6.45) is 1.14. The van der Waals surface area contributed by atoms with Crippen LogP contribution in [-0.4, -0.2) is 49.1 Å². The van der Waals surface area contributed by atoms with E-state index < -0.39 is 15.9 Å². The second-order valence-electron chi connectivity index (χ2n) is 6.93. The number of halogens is 1. The van der Waals surface area contributed by atoms with Gasteiger partial charge >= 0.3 is 0 Å². The topological polar surface area (TPSA) is 115 Å². The summed E-state index contributed by atoms with van der Waals surface area (Å²) >= 11 is 6.11. The monoisotopic (exact) mass is 450 g/mol. The quantitative estimate of drug-likeness (QED) is 0.635. The Hall–Kier alpha value is -2.69. The van der Waals surface area contributed by atoms with Gasteiger partial charge in [0.15, 0.2) is 5.52 Å². The zero-order valence-corrected chi connectivity index (χ0v) is 17.6. The van der Waals surface area contributed by atoms with Crippen LogP contribution in [-0.2, 0) is 14.8 Å². The van der Waals surface area contributed by atoms with Gasteiger partial charge < -0.3 is 10.1 Å². The van der Waals surface area contributed by atoms with Gasteiger partial charge in [-0.1, -0.05) is 17.7 Å². The van der Waals surface area contributed by atoms with Crippen LogP contribution in [0, 0.1) is 5.92 Å². The Balaban J connectivity index is 1.52. The lowest BCUT2D eigenvalue weighted by Crippen LogP contribution is -2.43. The third-order valence-corrected chi connectivity index (χ3v) is 7.23. The second-order valence-corrected chi connectivity index (χ2v) is 9.24. The molecule has 1 amide bonds. The van der Waals surface area contributed by atoms with E-state index in [9.17, 15) is 13.2 Å². The lowest BCUT2D eigenvalue weighted by Gasteiger charge is -2.31. The number of fused-ring (bicyclic) bond motifs is 1. The molecule has 11 heteroatoms. The minimum atomic E-state index is -3.86. The Kier molecular flexibility index (Phi) is 5.63. The zero-order valence-electron chi connectivity index (χ0n) is 16.0. The smallest absolute Gasteiger partial charge is 0.245 e. The molecule has 9 nitrogen and oxygen atoms in total. The Morgan fingerprint density at radius 2 is 2.13 bits per heavy atom. The minimum absolute atomic E-state index is 0.0178. The van der Waals surface area contributed by atoms with Crippen molar-refractivity contribution in [3.63, 3.8) is 0 Å². The number of hydrogen-bond acceptors (Lipinski definition) is 7. The second kappa shape index (κ2) is 8.21. The number of carbonyl (C=O) groups is 1. The molecular formula is C19H19ClN4O5S. The van der Waals surface area contributed by atoms with E-state index in [-0.39, 0.29) is 22.9 Å². The van der Waals surface area contributed by atoms with Crippen molar-refractivity contribution in [2.45, 2.75) is 17.7 Å². The van der Waals surface area contributed by atoms with Crippen molar-refractivity contribution in [1.82, 2.24) is 14.6 Å². The van der Waals surface area contributed by atoms with Gasteiger partial charge in [-0.05, 0) is 53.5 Å². The van der Waals surface area contributed by atoms with E-state index in [1.807, 2.05) is 0 Å². The number of methoxy groups -OCH3 is 1. The predicted molar refractivity (Wildman–Crippen MR) is 110 cm³/mol. The van der Waals surface area contributed by atoms with Crippen LogP contribution in [0.25, 0.3) is 11.0 Å². The van der Waals surface area contributed by atoms with Crippen LogP contribution >= 0.6 is 11.6 Å². The fourth-order valence-corrected chi connectivity index (χ4v) is 5.41. The molecule has 2 aromatic carbocycles. The van der Waals surface area contributed by atoms with E-state index >= 15 is 0 Å². The summed E-state index contributed by atoms with van der Waals surface area (Å²) in [5.41, 5.74) is 1.06. The van der Waals surface area contributed by atoms with Gasteiger partial charge in [0.2, 0.25) is 15.9 Å². The first-order valence-corrected chi connectivity index (χ1v) is 11.1. The molecule has 0 unspecified atom stereocenters. The molecule has 0 spiro atoms. The molecule has 0 radical (unpaired) electrons. The third-order valence-electron chi connectivity index (χ3n) is 5.04. The van der Waals surface area contributed by atoms with Gasteiger partial charge in [-0.2, -0.15) is 4.31 Å². The SMILES string of the molecule is COc1ccc(NC(=O)[C@@H]2CCCN(S(=O)(=O)c3cccc4nonc34)C2)cc1Cl. The zero-order chi connectivity index (χ0) is 21.3. The van der Waals surface area contributed by atoms with Crippen molar-refractivity contribution in [3.05, 3.63) is 41.4 Å². The van der Waals surface area contributed by atoms with Crippen LogP contribution < -0.4 is 10.1 Å². The molecule has 1 aliphatic heterocycles. The highest BCUT2D eigenvalue weighted by molar-refractivity contribution is 7.89. The largest absolute Gasteiger partial charge is 0.495 e. The van der Waals surface area contributed by atoms with E-state index in [1.54, 1.807) is 30.3 Å². The Morgan fingerprint density at radius 3 is 2.90 bits per heavy atom. The first-order chi connectivity index (χ1) is 14.4. The number of carbonyl (C=O) groups excluding carboxylic acids is 1. The maximum absolute atomic E-state index is 13.2. The molecule has 1 N–H and O–H groups in total. The number of nitrogens with zero attached hydrogens (tertiary/aromatic N) is 3. The van der Waals surface area contributed by atoms with Crippen molar-refractivity contribution in [3.8, 4) is 5.75 Å². The molecule has 0 aliphatic carbocycles. The molecule has 1 aromatic heterocycles. The minimum Gasteiger partial charge on any atom is -0.495 e. The summed E-state index contributed by atoms with van der Waals surface area (Å²) < 4.78 is 37.5. The van der Waals surface area contributed by atoms with Gasteiger partial charge in [0.25, 0.3) is 0 Å². The molecule has 158 valence electrons. The number of benzene rings is 2. The fraction of sp³-hybridized carbons (Fsp3) is 0.316. The Bertz CT molecular complexity index is 1200. The maximum Gasteiger partial charge on any atom is 0.245 e. The number of piperidine rings is 1. The average Bonchev–Trinajstić information content (AvgIpc) is 3.23. The number of anilines is 1. The van der Waals surface area contributed by atoms with Crippen LogP contribution in [0.2, 0.25) is 5.02 Å². The standard InChI is InChI=1S/C19H19ClN4O5S/c1-28-16-8-7-13(10-14(16)20)21-19(25)12-4-3-9-24(11-12)30(26,27)17-6-2-5-15-18(17)23-29-22-15/h2,5-8,10,12H,3-4,9,11H2,1H3,(H,21,25)/t12-/m1/s1. The molecule has 30 heavy (non-hydrogen) atoms. The van der Waals surface area contributed by atoms with Gasteiger partial charge in [0, 0.05) is 18.8 Å². The van der Waals surface area contributed by atoms with Crippen LogP contribution in [0.1, 0.15) is 12.8 Å². The van der Waals surface area contributed by atoms with Crippen LogP contribution in [0.5, 0.6) is 5.75 Å². The van der Waals surface area contributed by atoms with Crippen molar-refractivity contribution in [2.75, 3.05) is 25.5 Å². The summed E-state index contributed by atoms with van der Waals surface area (Å²) in [5, 5.41) is 10.6. The lowest BCUT2D eigenvalue weighted by molar-refractivity contribution is -0.120. The van der Waals surface area contributed by atoms with Gasteiger partial charge in [0.1, 0.15) is 16.2 Å². The van der Waals surface area contributed by atoms with E-state index in [0.29, 0.717) is 41.4 Å². The molecule has 3 aromatic rings. The number of sulfonamides is 1. The first kappa shape index (κ1) is 20.6. The Labute approximate surface area is 178 Å². The fourth-order valence-electron chi connectivity index (χ4n) is 3.49. The third kappa shape index (κ3) is 3.85. The molecule has 1 aliphatic rings. The molecular weight excluding hydrogens is 432 g/mol. The molecule has 0 saturated carbocycles. The Morgan fingerprint density at radius 1 is 1.30 bits per heavy atom. The van der Waals surface area contributed by atoms with Crippen LogP contribution in [0.4, 0.5) is 5.69 Å². The number of rotatable bonds is 5. The first-order valence-electron chi connectivity index (χ1n) is 9.26. The molecule has 1 saturated heterocycles. The van der Waals surface area contributed by atoms with Crippen molar-refractivity contribution >= 4 is 44.3 Å². The highest BCUT2D eigenvalue weighted by Crippen LogP contribution is 2.30. The molecule has 4 rings (SSSR count). The van der Waals surface area contributed by atoms with Crippen molar-refractivity contribution in [1.29, 1.82) is 0 Å². The van der Waals surface area contributed by atoms with Crippen LogP contribution in [0.3, 0.4) is 0 Å². The summed E-state index contributed by atoms with van der Waals surface area (Å²) in [6, 6.07) is 9.59. The van der Waals surface area contributed by atoms with Gasteiger partial charge in [0.05, 0.1) is 18.1 Å². The predicted octanol–water partition coefficient (Wildman–Crippen LogP) is 2.92. The van der Waals surface area contributed by atoms with Gasteiger partial charge in [-0.3, -0.25) is 4.79 Å². The normalized spacial score (nSPS) is 17.7. The van der Waals surface area contributed by atoms with Gasteiger partial charge in [-0.15, -0.1) is 0 Å². The highest BCUT2D eigenvalue weighted by atomic mass is 35.5. The summed E-state index contributed by atoms with van der Waals surface area (Å²) in [4.78, 5) is 12.8. The molecule has 1 fully saturated rings. The average molecular weight is 451 g/mol. The van der Waals surface area contributed by atoms with E-state index in [0.717, 1.165) is 0 Å². The van der Waals surface area contributed by atoms with Crippen LogP contribution in [0.15, 0.2) is 45.9 Å². The molecule has 1 atom stereocenters. The number of hydrogen-bond donors (Lipinski definition) is 1. The van der Waals surface area contributed by atoms with E-state index in [4.69, 9.17) is 16.3 Å². The maximum atomic E-state index is 13.2. The number of aromatic nitrogens is 2. The number of amides is 1. The number of nitrogens with one attached hydrogen (secondary N) is 1. The summed E-state index contributed by atoms with van der Waals surface area (Å²) in [5.74, 6) is -0.261. The highest BCUT2D eigenvalue weighted by Gasteiger charge is 2.35. The summed E-state index contributed by atoms with van der Waals surface area (Å²) in [7, 11) is -2.35. The summed E-state index contributed by atoms with van der Waals surface area (Å²) in [6.45, 7) is 0.391. The van der Waals surface area contributed by atoms with Gasteiger partial charge in [-0.25, -0.2) is 13.0 Å². The van der Waals surface area contributed by atoms with Crippen molar-refractivity contribution < 1.29 is 22.6 Å².